The van der Waals surface area contributed by atoms with Crippen LogP contribution in [0.15, 0.2) is 60.7 Å². The molecule has 9 nitrogen and oxygen atoms in total. The summed E-state index contributed by atoms with van der Waals surface area (Å²) in [5, 5.41) is 20.5. The average molecular weight is 486 g/mol. The molecule has 0 fully saturated rings. The molecular formula is C26H31NO8. The number of amides is 1. The van der Waals surface area contributed by atoms with E-state index in [4.69, 9.17) is 24.4 Å². The SMILES string of the molecule is CCO[C@H](CC/C=C/C(=O)O)[C@H](OC(=O)Nc1ccc(C(C)=O)cc1)c1cccc(OCCO)c1. The van der Waals surface area contributed by atoms with Crippen LogP contribution in [0.2, 0.25) is 0 Å². The Labute approximate surface area is 204 Å². The predicted octanol–water partition coefficient (Wildman–Crippen LogP) is 4.38. The summed E-state index contributed by atoms with van der Waals surface area (Å²) in [6, 6.07) is 13.4. The molecule has 2 rings (SSSR count). The first kappa shape index (κ1) is 27.6. The Morgan fingerprint density at radius 3 is 2.49 bits per heavy atom. The third-order valence-electron chi connectivity index (χ3n) is 4.92. The van der Waals surface area contributed by atoms with Gasteiger partial charge in [-0.1, -0.05) is 18.2 Å². The van der Waals surface area contributed by atoms with Crippen LogP contribution in [-0.2, 0) is 14.3 Å². The molecule has 1 amide bonds. The molecule has 0 unspecified atom stereocenters. The fourth-order valence-corrected chi connectivity index (χ4v) is 3.34. The number of Topliss-reactive ketones (excluding diaryl/α,β-unsaturated/α-hetero) is 1. The Hall–Kier alpha value is -3.69. The number of hydrogen-bond donors (Lipinski definition) is 3. The number of allylic oxidation sites excluding steroid dienone is 1. The monoisotopic (exact) mass is 485 g/mol. The number of carboxylic acids is 1. The van der Waals surface area contributed by atoms with Crippen molar-refractivity contribution in [2.24, 2.45) is 0 Å². The minimum absolute atomic E-state index is 0.0843. The van der Waals surface area contributed by atoms with Crippen molar-refractivity contribution in [2.45, 2.75) is 38.9 Å². The highest BCUT2D eigenvalue weighted by Crippen LogP contribution is 2.30. The highest BCUT2D eigenvalue weighted by Gasteiger charge is 2.28. The van der Waals surface area contributed by atoms with Crippen molar-refractivity contribution < 1.29 is 38.8 Å². The Morgan fingerprint density at radius 2 is 1.86 bits per heavy atom. The number of ketones is 1. The van der Waals surface area contributed by atoms with Gasteiger partial charge in [0, 0.05) is 23.9 Å². The number of carbonyl (C=O) groups is 3. The lowest BCUT2D eigenvalue weighted by molar-refractivity contribution is -0.131. The van der Waals surface area contributed by atoms with Gasteiger partial charge in [-0.15, -0.1) is 0 Å². The Bertz CT molecular complexity index is 1000. The first-order valence-corrected chi connectivity index (χ1v) is 11.3. The smallest absolute Gasteiger partial charge is 0.412 e. The number of rotatable bonds is 14. The van der Waals surface area contributed by atoms with Gasteiger partial charge in [-0.05, 0) is 68.7 Å². The number of hydrogen-bond acceptors (Lipinski definition) is 7. The second-order valence-corrected chi connectivity index (χ2v) is 7.54. The number of ether oxygens (including phenoxy) is 3. The van der Waals surface area contributed by atoms with Crippen molar-refractivity contribution in [3.63, 3.8) is 0 Å². The summed E-state index contributed by atoms with van der Waals surface area (Å²) in [5.41, 5.74) is 1.59. The molecule has 2 aromatic carbocycles. The number of aliphatic hydroxyl groups excluding tert-OH is 1. The first-order valence-electron chi connectivity index (χ1n) is 11.3. The maximum absolute atomic E-state index is 12.8. The van der Waals surface area contributed by atoms with E-state index in [1.165, 1.54) is 13.0 Å². The molecule has 35 heavy (non-hydrogen) atoms. The number of aliphatic carboxylic acids is 1. The maximum atomic E-state index is 12.8. The molecule has 0 aromatic heterocycles. The molecule has 188 valence electrons. The van der Waals surface area contributed by atoms with Gasteiger partial charge < -0.3 is 24.4 Å². The third-order valence-corrected chi connectivity index (χ3v) is 4.92. The van der Waals surface area contributed by atoms with Crippen LogP contribution >= 0.6 is 0 Å². The summed E-state index contributed by atoms with van der Waals surface area (Å²) in [6.07, 6.45) is 1.23. The summed E-state index contributed by atoms with van der Waals surface area (Å²) in [5.74, 6) is -0.639. The quantitative estimate of drug-likeness (QED) is 0.265. The van der Waals surface area contributed by atoms with Crippen molar-refractivity contribution in [3.8, 4) is 5.75 Å². The molecule has 2 aromatic rings. The minimum atomic E-state index is -1.05. The number of benzene rings is 2. The molecule has 0 bridgehead atoms. The Morgan fingerprint density at radius 1 is 1.11 bits per heavy atom. The zero-order valence-electron chi connectivity index (χ0n) is 19.8. The number of carbonyl (C=O) groups excluding carboxylic acids is 2. The zero-order chi connectivity index (χ0) is 25.6. The van der Waals surface area contributed by atoms with Crippen LogP contribution in [-0.4, -0.2) is 54.0 Å². The van der Waals surface area contributed by atoms with E-state index in [-0.39, 0.29) is 19.0 Å². The molecule has 0 aliphatic heterocycles. The van der Waals surface area contributed by atoms with Gasteiger partial charge in [-0.3, -0.25) is 10.1 Å². The van der Waals surface area contributed by atoms with Crippen LogP contribution in [0.1, 0.15) is 48.7 Å². The average Bonchev–Trinajstić information content (AvgIpc) is 2.83. The molecular weight excluding hydrogens is 454 g/mol. The predicted molar refractivity (Wildman–Crippen MR) is 130 cm³/mol. The number of nitrogens with one attached hydrogen (secondary N) is 1. The highest BCUT2D eigenvalue weighted by atomic mass is 16.6. The fourth-order valence-electron chi connectivity index (χ4n) is 3.34. The van der Waals surface area contributed by atoms with E-state index >= 15 is 0 Å². The lowest BCUT2D eigenvalue weighted by Gasteiger charge is -2.27. The van der Waals surface area contributed by atoms with Crippen molar-refractivity contribution in [1.82, 2.24) is 0 Å². The second-order valence-electron chi connectivity index (χ2n) is 7.54. The van der Waals surface area contributed by atoms with Crippen molar-refractivity contribution in [2.75, 3.05) is 25.1 Å². The highest BCUT2D eigenvalue weighted by molar-refractivity contribution is 5.95. The topological polar surface area (TPSA) is 131 Å². The maximum Gasteiger partial charge on any atom is 0.412 e. The lowest BCUT2D eigenvalue weighted by Crippen LogP contribution is -2.29. The van der Waals surface area contributed by atoms with Gasteiger partial charge in [-0.25, -0.2) is 9.59 Å². The van der Waals surface area contributed by atoms with E-state index in [2.05, 4.69) is 5.32 Å². The second kappa shape index (κ2) is 14.5. The van der Waals surface area contributed by atoms with Crippen LogP contribution < -0.4 is 10.1 Å². The molecule has 0 aliphatic carbocycles. The molecule has 0 spiro atoms. The van der Waals surface area contributed by atoms with Crippen molar-refractivity contribution >= 4 is 23.5 Å². The molecule has 0 radical (unpaired) electrons. The lowest BCUT2D eigenvalue weighted by atomic mass is 10.00. The molecule has 0 saturated carbocycles. The number of anilines is 1. The van der Waals surface area contributed by atoms with Gasteiger partial charge in [0.2, 0.25) is 0 Å². The van der Waals surface area contributed by atoms with Gasteiger partial charge in [-0.2, -0.15) is 0 Å². The van der Waals surface area contributed by atoms with E-state index in [1.54, 1.807) is 48.5 Å². The van der Waals surface area contributed by atoms with Crippen LogP contribution in [0.5, 0.6) is 5.75 Å². The van der Waals surface area contributed by atoms with Crippen LogP contribution in [0.25, 0.3) is 0 Å². The summed E-state index contributed by atoms with van der Waals surface area (Å²) >= 11 is 0. The zero-order valence-corrected chi connectivity index (χ0v) is 19.8. The summed E-state index contributed by atoms with van der Waals surface area (Å²) < 4.78 is 17.1. The minimum Gasteiger partial charge on any atom is -0.491 e. The largest absolute Gasteiger partial charge is 0.491 e. The summed E-state index contributed by atoms with van der Waals surface area (Å²) in [7, 11) is 0. The normalized spacial score (nSPS) is 12.7. The van der Waals surface area contributed by atoms with E-state index in [1.807, 2.05) is 6.92 Å². The van der Waals surface area contributed by atoms with E-state index < -0.39 is 24.3 Å². The van der Waals surface area contributed by atoms with Gasteiger partial charge in [0.1, 0.15) is 12.4 Å². The van der Waals surface area contributed by atoms with Gasteiger partial charge in [0.05, 0.1) is 12.7 Å². The van der Waals surface area contributed by atoms with Gasteiger partial charge >= 0.3 is 12.1 Å². The Kier molecular flexibility index (Phi) is 11.5. The number of carboxylic acid groups (broad SMARTS) is 1. The summed E-state index contributed by atoms with van der Waals surface area (Å²) in [6.45, 7) is 3.59. The molecule has 0 saturated heterocycles. The Balaban J connectivity index is 2.25. The summed E-state index contributed by atoms with van der Waals surface area (Å²) in [4.78, 5) is 35.0. The molecule has 3 N–H and O–H groups in total. The fraction of sp³-hybridized carbons (Fsp3) is 0.346. The standard InChI is InChI=1S/C26H31NO8/c1-3-33-23(9-4-5-10-24(30)31)25(20-7-6-8-22(17-20)34-16-15-28)35-26(32)27-21-13-11-19(12-14-21)18(2)29/h5-8,10-14,17,23,25,28H,3-4,9,15-16H2,1-2H3,(H,27,32)(H,30,31)/b10-5+/t23-,25-/m1/s1. The van der Waals surface area contributed by atoms with E-state index in [0.717, 1.165) is 6.08 Å². The van der Waals surface area contributed by atoms with Crippen LogP contribution in [0.3, 0.4) is 0 Å². The van der Waals surface area contributed by atoms with Crippen molar-refractivity contribution in [1.29, 1.82) is 0 Å². The van der Waals surface area contributed by atoms with Crippen LogP contribution in [0.4, 0.5) is 10.5 Å². The first-order chi connectivity index (χ1) is 16.8. The molecule has 0 aliphatic rings. The molecule has 2 atom stereocenters. The van der Waals surface area contributed by atoms with Crippen molar-refractivity contribution in [3.05, 3.63) is 71.8 Å². The molecule has 9 heteroatoms. The van der Waals surface area contributed by atoms with E-state index in [9.17, 15) is 14.4 Å². The third kappa shape index (κ3) is 9.60. The van der Waals surface area contributed by atoms with Gasteiger partial charge in [0.25, 0.3) is 0 Å². The number of aliphatic hydroxyl groups is 1. The van der Waals surface area contributed by atoms with Gasteiger partial charge in [0.15, 0.2) is 11.9 Å². The molecule has 0 heterocycles. The van der Waals surface area contributed by atoms with E-state index in [0.29, 0.717) is 42.0 Å². The van der Waals surface area contributed by atoms with Crippen LogP contribution in [0, 0.1) is 0 Å².